The maximum Gasteiger partial charge on any atom is 0.228 e. The summed E-state index contributed by atoms with van der Waals surface area (Å²) in [4.78, 5) is 30.8. The fourth-order valence-electron chi connectivity index (χ4n) is 4.19. The number of aryl methyl sites for hydroxylation is 1. The van der Waals surface area contributed by atoms with Crippen molar-refractivity contribution in [2.24, 2.45) is 11.7 Å². The first-order chi connectivity index (χ1) is 15.8. The van der Waals surface area contributed by atoms with E-state index in [1.54, 1.807) is 6.20 Å². The number of benzene rings is 1. The number of nitrogens with one attached hydrogen (secondary N) is 1. The van der Waals surface area contributed by atoms with Crippen LogP contribution in [0.2, 0.25) is 5.02 Å². The second-order valence-electron chi connectivity index (χ2n) is 8.36. The normalized spacial score (nSPS) is 16.0. The lowest BCUT2D eigenvalue weighted by molar-refractivity contribution is -0.122. The molecule has 2 aromatic heterocycles. The van der Waals surface area contributed by atoms with Crippen LogP contribution in [0.5, 0.6) is 0 Å². The Labute approximate surface area is 197 Å². The molecular formula is C24H27ClN6O2. The number of halogens is 1. The summed E-state index contributed by atoms with van der Waals surface area (Å²) >= 11 is 5.99. The summed E-state index contributed by atoms with van der Waals surface area (Å²) in [6.45, 7) is 5.25. The Morgan fingerprint density at radius 3 is 2.61 bits per heavy atom. The molecule has 1 fully saturated rings. The van der Waals surface area contributed by atoms with Crippen molar-refractivity contribution in [1.82, 2.24) is 14.8 Å². The summed E-state index contributed by atoms with van der Waals surface area (Å²) < 4.78 is 1.82. The van der Waals surface area contributed by atoms with Crippen LogP contribution >= 0.6 is 11.6 Å². The van der Waals surface area contributed by atoms with Gasteiger partial charge in [0.15, 0.2) is 0 Å². The summed E-state index contributed by atoms with van der Waals surface area (Å²) in [6, 6.07) is 11.1. The molecule has 0 aliphatic carbocycles. The fourth-order valence-corrected chi connectivity index (χ4v) is 4.32. The van der Waals surface area contributed by atoms with Gasteiger partial charge in [-0.25, -0.2) is 9.67 Å². The molecule has 1 aromatic carbocycles. The molecule has 1 aliphatic rings. The summed E-state index contributed by atoms with van der Waals surface area (Å²) in [5.41, 5.74) is 9.58. The van der Waals surface area contributed by atoms with Crippen molar-refractivity contribution in [2.45, 2.75) is 33.1 Å². The number of hydrogen-bond acceptors (Lipinski definition) is 5. The highest BCUT2D eigenvalue weighted by molar-refractivity contribution is 6.30. The third kappa shape index (κ3) is 5.17. The number of anilines is 2. The number of pyridine rings is 1. The Balaban J connectivity index is 1.41. The molecule has 3 N–H and O–H groups in total. The van der Waals surface area contributed by atoms with E-state index in [1.165, 1.54) is 0 Å². The van der Waals surface area contributed by atoms with Crippen molar-refractivity contribution in [3.8, 4) is 5.69 Å². The van der Waals surface area contributed by atoms with E-state index in [2.05, 4.69) is 20.3 Å². The molecule has 3 aromatic rings. The Kier molecular flexibility index (Phi) is 6.65. The van der Waals surface area contributed by atoms with E-state index >= 15 is 0 Å². The topological polar surface area (TPSA) is 106 Å². The zero-order valence-corrected chi connectivity index (χ0v) is 19.5. The number of carbonyl (C=O) groups excluding carboxylic acids is 2. The van der Waals surface area contributed by atoms with E-state index in [1.807, 2.05) is 54.9 Å². The quantitative estimate of drug-likeness (QED) is 0.579. The number of aromatic nitrogens is 3. The average molecular weight is 467 g/mol. The Morgan fingerprint density at radius 1 is 1.18 bits per heavy atom. The maximum atomic E-state index is 12.7. The van der Waals surface area contributed by atoms with Crippen LogP contribution < -0.4 is 16.0 Å². The monoisotopic (exact) mass is 466 g/mol. The van der Waals surface area contributed by atoms with Crippen LogP contribution in [0, 0.1) is 19.8 Å². The predicted molar refractivity (Wildman–Crippen MR) is 129 cm³/mol. The lowest BCUT2D eigenvalue weighted by Gasteiger charge is -2.32. The minimum absolute atomic E-state index is 0.141. The van der Waals surface area contributed by atoms with Gasteiger partial charge in [0.2, 0.25) is 11.8 Å². The first kappa shape index (κ1) is 22.8. The minimum Gasteiger partial charge on any atom is -0.369 e. The molecule has 0 saturated carbocycles. The minimum atomic E-state index is -0.270. The van der Waals surface area contributed by atoms with Gasteiger partial charge in [-0.15, -0.1) is 0 Å². The van der Waals surface area contributed by atoms with Crippen molar-refractivity contribution in [2.75, 3.05) is 23.3 Å². The molecule has 2 amide bonds. The third-order valence-corrected chi connectivity index (χ3v) is 6.28. The predicted octanol–water partition coefficient (Wildman–Crippen LogP) is 3.42. The van der Waals surface area contributed by atoms with Crippen LogP contribution in [0.3, 0.4) is 0 Å². The first-order valence-electron chi connectivity index (χ1n) is 10.9. The van der Waals surface area contributed by atoms with Crippen LogP contribution in [0.4, 0.5) is 11.5 Å². The van der Waals surface area contributed by atoms with Crippen LogP contribution in [-0.4, -0.2) is 39.7 Å². The van der Waals surface area contributed by atoms with Gasteiger partial charge in [-0.05, 0) is 63.1 Å². The first-order valence-corrected chi connectivity index (χ1v) is 11.3. The van der Waals surface area contributed by atoms with Gasteiger partial charge in [0.05, 0.1) is 35.6 Å². The molecule has 33 heavy (non-hydrogen) atoms. The average Bonchev–Trinajstić information content (AvgIpc) is 3.08. The van der Waals surface area contributed by atoms with Gasteiger partial charge in [-0.2, -0.15) is 5.10 Å². The number of nitrogens with two attached hydrogens (primary N) is 1. The molecule has 8 nitrogen and oxygen atoms in total. The molecule has 9 heteroatoms. The summed E-state index contributed by atoms with van der Waals surface area (Å²) in [5, 5.41) is 8.16. The van der Waals surface area contributed by atoms with Gasteiger partial charge in [0.25, 0.3) is 0 Å². The van der Waals surface area contributed by atoms with E-state index in [4.69, 9.17) is 17.3 Å². The highest BCUT2D eigenvalue weighted by atomic mass is 35.5. The van der Waals surface area contributed by atoms with E-state index in [9.17, 15) is 9.59 Å². The second-order valence-corrected chi connectivity index (χ2v) is 8.79. The van der Waals surface area contributed by atoms with Crippen molar-refractivity contribution in [3.05, 3.63) is 64.6 Å². The van der Waals surface area contributed by atoms with Gasteiger partial charge in [0, 0.05) is 29.4 Å². The van der Waals surface area contributed by atoms with Gasteiger partial charge >= 0.3 is 0 Å². The number of rotatable bonds is 6. The molecule has 3 heterocycles. The molecular weight excluding hydrogens is 440 g/mol. The number of carbonyl (C=O) groups is 2. The zero-order valence-electron chi connectivity index (χ0n) is 18.7. The van der Waals surface area contributed by atoms with Crippen molar-refractivity contribution >= 4 is 34.9 Å². The van der Waals surface area contributed by atoms with E-state index in [-0.39, 0.29) is 24.2 Å². The number of primary amides is 1. The number of hydrogen-bond donors (Lipinski definition) is 2. The van der Waals surface area contributed by atoms with Gasteiger partial charge in [-0.1, -0.05) is 11.6 Å². The highest BCUT2D eigenvalue weighted by Crippen LogP contribution is 2.23. The van der Waals surface area contributed by atoms with Crippen LogP contribution in [0.1, 0.15) is 29.8 Å². The summed E-state index contributed by atoms with van der Waals surface area (Å²) in [7, 11) is 0. The molecule has 172 valence electrons. The molecule has 1 aliphatic heterocycles. The van der Waals surface area contributed by atoms with E-state index in [0.29, 0.717) is 17.3 Å². The van der Waals surface area contributed by atoms with Crippen LogP contribution in [-0.2, 0) is 16.0 Å². The van der Waals surface area contributed by atoms with Crippen LogP contribution in [0.25, 0.3) is 5.69 Å². The van der Waals surface area contributed by atoms with Crippen molar-refractivity contribution in [1.29, 1.82) is 0 Å². The summed E-state index contributed by atoms with van der Waals surface area (Å²) in [6.07, 6.45) is 3.56. The third-order valence-electron chi connectivity index (χ3n) is 6.03. The SMILES string of the molecule is Cc1nn(-c2ccc(Cl)cc2)c(C)c1CC(=O)Nc1ccc(N2CCCC(C(N)=O)C2)nc1. The standard InChI is InChI=1S/C24H27ClN6O2/c1-15-21(16(2)31(29-15)20-8-5-18(25)6-9-20)12-23(32)28-19-7-10-22(27-13-19)30-11-3-4-17(14-30)24(26)33/h5-10,13,17H,3-4,11-12,14H2,1-2H3,(H2,26,33)(H,28,32). The maximum absolute atomic E-state index is 12.7. The molecule has 4 rings (SSSR count). The Morgan fingerprint density at radius 2 is 1.94 bits per heavy atom. The Bertz CT molecular complexity index is 1160. The fraction of sp³-hybridized carbons (Fsp3) is 0.333. The molecule has 0 radical (unpaired) electrons. The molecule has 1 unspecified atom stereocenters. The molecule has 1 atom stereocenters. The largest absolute Gasteiger partial charge is 0.369 e. The highest BCUT2D eigenvalue weighted by Gasteiger charge is 2.24. The van der Waals surface area contributed by atoms with Crippen LogP contribution in [0.15, 0.2) is 42.6 Å². The van der Waals surface area contributed by atoms with E-state index in [0.717, 1.165) is 47.8 Å². The van der Waals surface area contributed by atoms with Crippen molar-refractivity contribution in [3.63, 3.8) is 0 Å². The van der Waals surface area contributed by atoms with Gasteiger partial charge in [-0.3, -0.25) is 9.59 Å². The molecule has 0 bridgehead atoms. The summed E-state index contributed by atoms with van der Waals surface area (Å²) in [5.74, 6) is 0.210. The number of piperidine rings is 1. The smallest absolute Gasteiger partial charge is 0.228 e. The number of amides is 2. The second kappa shape index (κ2) is 9.62. The lowest BCUT2D eigenvalue weighted by atomic mass is 9.97. The van der Waals surface area contributed by atoms with E-state index < -0.39 is 0 Å². The van der Waals surface area contributed by atoms with Gasteiger partial charge < -0.3 is 16.0 Å². The lowest BCUT2D eigenvalue weighted by Crippen LogP contribution is -2.41. The van der Waals surface area contributed by atoms with Gasteiger partial charge in [0.1, 0.15) is 5.82 Å². The molecule has 0 spiro atoms. The number of nitrogens with zero attached hydrogens (tertiary/aromatic N) is 4. The molecule has 1 saturated heterocycles. The zero-order chi connectivity index (χ0) is 23.5. The van der Waals surface area contributed by atoms with Crippen molar-refractivity contribution < 1.29 is 9.59 Å². The Hall–Kier alpha value is -3.39.